The van der Waals surface area contributed by atoms with Gasteiger partial charge in [-0.3, -0.25) is 14.4 Å². The fourth-order valence-electron chi connectivity index (χ4n) is 5.93. The van der Waals surface area contributed by atoms with Crippen molar-refractivity contribution in [2.45, 2.75) is 18.0 Å². The molecule has 8 heteroatoms. The number of nitrogens with zero attached hydrogens (tertiary/aromatic N) is 1. The van der Waals surface area contributed by atoms with Gasteiger partial charge in [0.15, 0.2) is 17.3 Å². The molecule has 42 heavy (non-hydrogen) atoms. The molecule has 4 aromatic carbocycles. The lowest BCUT2D eigenvalue weighted by Crippen LogP contribution is -2.46. The van der Waals surface area contributed by atoms with Crippen molar-refractivity contribution in [1.29, 1.82) is 0 Å². The number of primary amides is 1. The van der Waals surface area contributed by atoms with E-state index in [2.05, 4.69) is 0 Å². The molecule has 214 valence electrons. The van der Waals surface area contributed by atoms with Crippen molar-refractivity contribution in [3.05, 3.63) is 125 Å². The van der Waals surface area contributed by atoms with E-state index in [0.717, 1.165) is 5.56 Å². The highest BCUT2D eigenvalue weighted by Crippen LogP contribution is 2.52. The van der Waals surface area contributed by atoms with E-state index in [4.69, 9.17) is 19.9 Å². The summed E-state index contributed by atoms with van der Waals surface area (Å²) in [4.78, 5) is 43.8. The minimum atomic E-state index is -1.13. The van der Waals surface area contributed by atoms with Gasteiger partial charge in [0.05, 0.1) is 33.3 Å². The molecule has 8 nitrogen and oxygen atoms in total. The van der Waals surface area contributed by atoms with Crippen LogP contribution in [0.5, 0.6) is 17.2 Å². The zero-order valence-electron chi connectivity index (χ0n) is 23.6. The first-order valence-corrected chi connectivity index (χ1v) is 13.5. The first-order valence-electron chi connectivity index (χ1n) is 13.5. The first kappa shape index (κ1) is 28.4. The molecule has 0 bridgehead atoms. The zero-order chi connectivity index (χ0) is 29.8. The zero-order valence-corrected chi connectivity index (χ0v) is 23.6. The number of nitrogens with two attached hydrogens (primary N) is 1. The van der Waals surface area contributed by atoms with Gasteiger partial charge in [0, 0.05) is 17.0 Å². The van der Waals surface area contributed by atoms with Gasteiger partial charge in [-0.25, -0.2) is 0 Å². The lowest BCUT2D eigenvalue weighted by atomic mass is 9.76. The molecular weight excluding hydrogens is 532 g/mol. The number of hydrogen-bond donors (Lipinski definition) is 1. The van der Waals surface area contributed by atoms with Crippen molar-refractivity contribution >= 4 is 17.6 Å². The third-order valence-electron chi connectivity index (χ3n) is 7.83. The molecule has 5 rings (SSSR count). The highest BCUT2D eigenvalue weighted by atomic mass is 16.5. The first-order chi connectivity index (χ1) is 20.4. The predicted octanol–water partition coefficient (Wildman–Crippen LogP) is 5.05. The van der Waals surface area contributed by atoms with Crippen molar-refractivity contribution in [2.24, 2.45) is 11.7 Å². The number of amides is 2. The third-order valence-corrected chi connectivity index (χ3v) is 7.83. The molecule has 0 saturated carbocycles. The summed E-state index contributed by atoms with van der Waals surface area (Å²) in [6.07, 6.45) is 0. The number of Topliss-reactive ketones (excluding diaryl/α,β-unsaturated/α-hetero) is 1. The molecule has 4 atom stereocenters. The van der Waals surface area contributed by atoms with Gasteiger partial charge >= 0.3 is 0 Å². The molecule has 1 aliphatic rings. The lowest BCUT2D eigenvalue weighted by Gasteiger charge is -2.31. The molecule has 2 amide bonds. The fraction of sp³-hybridized carbons (Fsp3) is 0.206. The number of rotatable bonds is 9. The molecule has 0 aliphatic carbocycles. The van der Waals surface area contributed by atoms with Crippen LogP contribution < -0.4 is 19.9 Å². The van der Waals surface area contributed by atoms with E-state index in [9.17, 15) is 14.4 Å². The van der Waals surface area contributed by atoms with Gasteiger partial charge in [0.1, 0.15) is 11.8 Å². The van der Waals surface area contributed by atoms with E-state index >= 15 is 0 Å². The van der Waals surface area contributed by atoms with Crippen LogP contribution in [0, 0.1) is 5.92 Å². The third kappa shape index (κ3) is 5.19. The van der Waals surface area contributed by atoms with Crippen LogP contribution in [0.4, 0.5) is 0 Å². The highest BCUT2D eigenvalue weighted by Gasteiger charge is 2.57. The van der Waals surface area contributed by atoms with E-state index in [1.165, 1.54) is 19.1 Å². The van der Waals surface area contributed by atoms with Gasteiger partial charge in [-0.1, -0.05) is 72.8 Å². The Labute approximate surface area is 244 Å². The van der Waals surface area contributed by atoms with Crippen LogP contribution >= 0.6 is 0 Å². The summed E-state index contributed by atoms with van der Waals surface area (Å²) in [7, 11) is 4.55. The Hall–Kier alpha value is -5.11. The summed E-state index contributed by atoms with van der Waals surface area (Å²) < 4.78 is 16.2. The Bertz CT molecular complexity index is 1570. The van der Waals surface area contributed by atoms with E-state index in [1.807, 2.05) is 48.5 Å². The van der Waals surface area contributed by atoms with Crippen molar-refractivity contribution < 1.29 is 28.6 Å². The SMILES string of the molecule is COc1ccc(C2C(C(=O)c3ccccc3)C(c3ccccc3)C(C(N)=O)N2C(=O)c2ccc(OC)c(OC)c2)cc1. The minimum Gasteiger partial charge on any atom is -0.497 e. The van der Waals surface area contributed by atoms with Gasteiger partial charge in [-0.05, 0) is 41.5 Å². The van der Waals surface area contributed by atoms with Crippen LogP contribution in [0.1, 0.15) is 43.8 Å². The van der Waals surface area contributed by atoms with Crippen molar-refractivity contribution in [2.75, 3.05) is 21.3 Å². The van der Waals surface area contributed by atoms with Crippen LogP contribution in [0.25, 0.3) is 0 Å². The number of carbonyl (C=O) groups is 3. The van der Waals surface area contributed by atoms with Crippen LogP contribution in [-0.4, -0.2) is 49.9 Å². The highest BCUT2D eigenvalue weighted by molar-refractivity contribution is 6.04. The summed E-state index contributed by atoms with van der Waals surface area (Å²) >= 11 is 0. The Morgan fingerprint density at radius 3 is 1.86 bits per heavy atom. The molecule has 1 heterocycles. The molecule has 1 saturated heterocycles. The summed E-state index contributed by atoms with van der Waals surface area (Å²) in [5.41, 5.74) is 8.25. The molecule has 0 aromatic heterocycles. The quantitative estimate of drug-likeness (QED) is 0.285. The van der Waals surface area contributed by atoms with Crippen molar-refractivity contribution in [3.8, 4) is 17.2 Å². The molecule has 4 aromatic rings. The average molecular weight is 565 g/mol. The van der Waals surface area contributed by atoms with Gasteiger partial charge in [-0.2, -0.15) is 0 Å². The largest absolute Gasteiger partial charge is 0.497 e. The predicted molar refractivity (Wildman–Crippen MR) is 158 cm³/mol. The number of carbonyl (C=O) groups excluding carboxylic acids is 3. The second-order valence-corrected chi connectivity index (χ2v) is 10.0. The Balaban J connectivity index is 1.76. The Morgan fingerprint density at radius 2 is 1.29 bits per heavy atom. The molecule has 1 aliphatic heterocycles. The number of ketones is 1. The van der Waals surface area contributed by atoms with Crippen LogP contribution in [-0.2, 0) is 4.79 Å². The van der Waals surface area contributed by atoms with E-state index in [0.29, 0.717) is 28.4 Å². The second-order valence-electron chi connectivity index (χ2n) is 10.0. The standard InChI is InChI=1S/C34H32N2O6/c1-40-25-17-14-22(15-18-25)30-29(32(37)23-12-8-5-9-13-23)28(21-10-6-4-7-11-21)31(33(35)38)36(30)34(39)24-16-19-26(41-2)27(20-24)42-3/h4-20,28-31H,1-3H3,(H2,35,38). The number of likely N-dealkylation sites (tertiary alicyclic amines) is 1. The van der Waals surface area contributed by atoms with Crippen LogP contribution in [0.3, 0.4) is 0 Å². The normalized spacial score (nSPS) is 19.6. The number of methoxy groups -OCH3 is 3. The molecule has 0 spiro atoms. The van der Waals surface area contributed by atoms with Gasteiger partial charge in [-0.15, -0.1) is 0 Å². The molecule has 0 radical (unpaired) electrons. The summed E-state index contributed by atoms with van der Waals surface area (Å²) in [5.74, 6) is -1.49. The van der Waals surface area contributed by atoms with Gasteiger partial charge < -0.3 is 24.8 Å². The fourth-order valence-corrected chi connectivity index (χ4v) is 5.93. The number of ether oxygens (including phenoxy) is 3. The van der Waals surface area contributed by atoms with Crippen LogP contribution in [0.15, 0.2) is 103 Å². The maximum atomic E-state index is 14.5. The second kappa shape index (κ2) is 12.2. The molecule has 1 fully saturated rings. The molecule has 2 N–H and O–H groups in total. The monoisotopic (exact) mass is 564 g/mol. The summed E-state index contributed by atoms with van der Waals surface area (Å²) in [6, 6.07) is 28.2. The maximum absolute atomic E-state index is 14.5. The lowest BCUT2D eigenvalue weighted by molar-refractivity contribution is -0.122. The topological polar surface area (TPSA) is 108 Å². The molecule has 4 unspecified atom stereocenters. The maximum Gasteiger partial charge on any atom is 0.255 e. The number of benzene rings is 4. The summed E-state index contributed by atoms with van der Waals surface area (Å²) in [5, 5.41) is 0. The Kier molecular flexibility index (Phi) is 8.24. The molecular formula is C34H32N2O6. The number of hydrogen-bond acceptors (Lipinski definition) is 6. The van der Waals surface area contributed by atoms with Crippen molar-refractivity contribution in [3.63, 3.8) is 0 Å². The van der Waals surface area contributed by atoms with Gasteiger partial charge in [0.2, 0.25) is 5.91 Å². The van der Waals surface area contributed by atoms with E-state index in [-0.39, 0.29) is 11.3 Å². The smallest absolute Gasteiger partial charge is 0.255 e. The Morgan fingerprint density at radius 1 is 0.667 bits per heavy atom. The van der Waals surface area contributed by atoms with Gasteiger partial charge in [0.25, 0.3) is 5.91 Å². The average Bonchev–Trinajstić information content (AvgIpc) is 3.41. The van der Waals surface area contributed by atoms with E-state index < -0.39 is 35.7 Å². The minimum absolute atomic E-state index is 0.195. The summed E-state index contributed by atoms with van der Waals surface area (Å²) in [6.45, 7) is 0. The van der Waals surface area contributed by atoms with Crippen LogP contribution in [0.2, 0.25) is 0 Å². The van der Waals surface area contributed by atoms with E-state index in [1.54, 1.807) is 61.7 Å². The van der Waals surface area contributed by atoms with Crippen molar-refractivity contribution in [1.82, 2.24) is 4.90 Å².